The van der Waals surface area contributed by atoms with Crippen LogP contribution in [-0.2, 0) is 0 Å². The van der Waals surface area contributed by atoms with Gasteiger partial charge < -0.3 is 15.5 Å². The van der Waals surface area contributed by atoms with Crippen LogP contribution in [0.5, 0.6) is 0 Å². The molecular weight excluding hydrogens is 454 g/mol. The minimum absolute atomic E-state index is 0.444. The lowest BCUT2D eigenvalue weighted by Gasteiger charge is -2.29. The fourth-order valence-electron chi connectivity index (χ4n) is 5.37. The maximum absolute atomic E-state index is 4.84. The number of fused-ring (bicyclic) bond motifs is 1. The van der Waals surface area contributed by atoms with E-state index >= 15 is 0 Å². The summed E-state index contributed by atoms with van der Waals surface area (Å²) >= 11 is 0. The Labute approximate surface area is 223 Å². The number of nitrogens with one attached hydrogen (secondary N) is 2. The fraction of sp³-hybridized carbons (Fsp3) is 0.500. The number of unbranched alkanes of at least 4 members (excludes halogenated alkanes) is 3. The molecule has 1 aliphatic rings. The summed E-state index contributed by atoms with van der Waals surface area (Å²) in [5.74, 6) is 2.47. The van der Waals surface area contributed by atoms with Gasteiger partial charge in [-0.15, -0.1) is 0 Å². The monoisotopic (exact) mass is 499 g/mol. The molecule has 1 fully saturated rings. The number of anilines is 2. The van der Waals surface area contributed by atoms with Crippen LogP contribution >= 0.6 is 0 Å². The molecule has 0 unspecified atom stereocenters. The molecule has 1 saturated carbocycles. The molecule has 2 N–H and O–H groups in total. The van der Waals surface area contributed by atoms with Crippen molar-refractivity contribution < 1.29 is 0 Å². The van der Waals surface area contributed by atoms with Crippen LogP contribution < -0.4 is 15.5 Å². The lowest BCUT2D eigenvalue weighted by atomic mass is 9.86. The summed E-state index contributed by atoms with van der Waals surface area (Å²) < 4.78 is 0. The van der Waals surface area contributed by atoms with E-state index in [0.29, 0.717) is 6.04 Å². The molecule has 0 aliphatic heterocycles. The Morgan fingerprint density at radius 1 is 0.919 bits per heavy atom. The second-order valence-electron chi connectivity index (χ2n) is 10.8. The first-order valence-electron chi connectivity index (χ1n) is 14.3. The van der Waals surface area contributed by atoms with Crippen LogP contribution in [-0.4, -0.2) is 43.2 Å². The highest BCUT2D eigenvalue weighted by Gasteiger charge is 2.22. The number of hydrogen-bond donors (Lipinski definition) is 2. The number of benzene rings is 2. The zero-order valence-corrected chi connectivity index (χ0v) is 23.0. The zero-order chi connectivity index (χ0) is 25.9. The minimum Gasteiger partial charge on any atom is -0.362 e. The van der Waals surface area contributed by atoms with Crippen LogP contribution in [0.3, 0.4) is 0 Å². The highest BCUT2D eigenvalue weighted by atomic mass is 15.2. The minimum atomic E-state index is 0.444. The van der Waals surface area contributed by atoms with E-state index < -0.39 is 0 Å². The van der Waals surface area contributed by atoms with E-state index in [9.17, 15) is 0 Å². The highest BCUT2D eigenvalue weighted by molar-refractivity contribution is 5.90. The summed E-state index contributed by atoms with van der Waals surface area (Å²) in [4.78, 5) is 11.7. The largest absolute Gasteiger partial charge is 0.362 e. The van der Waals surface area contributed by atoms with Gasteiger partial charge in [0, 0.05) is 32.1 Å². The first kappa shape index (κ1) is 27.1. The second-order valence-corrected chi connectivity index (χ2v) is 10.8. The lowest BCUT2D eigenvalue weighted by molar-refractivity contribution is 0.327. The van der Waals surface area contributed by atoms with Crippen LogP contribution in [0.25, 0.3) is 17.0 Å². The molecule has 198 valence electrons. The van der Waals surface area contributed by atoms with Crippen LogP contribution in [0.15, 0.2) is 60.2 Å². The van der Waals surface area contributed by atoms with Crippen molar-refractivity contribution >= 4 is 28.7 Å². The standard InChI is InChI=1S/C32H45N5/c1-4-5-6-8-15-27(22-25-13-9-7-10-14-25)24-33-23-26-18-20-28(21-19-26)34-32-35-30-17-12-11-16-29(30)31(36-32)37(2)3/h7,9-14,16-17,22,26,28,33H,4-6,8,15,18-21,23-24H2,1-3H3,(H,34,35,36)/b27-22+. The zero-order valence-electron chi connectivity index (χ0n) is 23.0. The van der Waals surface area contributed by atoms with Gasteiger partial charge in [0.1, 0.15) is 5.82 Å². The van der Waals surface area contributed by atoms with Gasteiger partial charge in [-0.3, -0.25) is 0 Å². The van der Waals surface area contributed by atoms with Gasteiger partial charge in [-0.2, -0.15) is 4.98 Å². The van der Waals surface area contributed by atoms with Crippen LogP contribution in [0, 0.1) is 5.92 Å². The molecule has 1 aliphatic carbocycles. The molecule has 0 atom stereocenters. The summed E-state index contributed by atoms with van der Waals surface area (Å²) in [6.07, 6.45) is 13.7. The predicted molar refractivity (Wildman–Crippen MR) is 159 cm³/mol. The SMILES string of the molecule is CCCCCC/C(=C\c1ccccc1)CNCC1CCC(Nc2nc(N(C)C)c3ccccc3n2)CC1. The average molecular weight is 500 g/mol. The van der Waals surface area contributed by atoms with E-state index in [1.54, 1.807) is 0 Å². The number of para-hydroxylation sites is 1. The number of nitrogens with zero attached hydrogens (tertiary/aromatic N) is 3. The molecule has 5 nitrogen and oxygen atoms in total. The quantitative estimate of drug-likeness (QED) is 0.242. The highest BCUT2D eigenvalue weighted by Crippen LogP contribution is 2.28. The van der Waals surface area contributed by atoms with E-state index in [0.717, 1.165) is 41.7 Å². The predicted octanol–water partition coefficient (Wildman–Crippen LogP) is 7.31. The van der Waals surface area contributed by atoms with Crippen molar-refractivity contribution in [2.75, 3.05) is 37.4 Å². The maximum atomic E-state index is 4.84. The molecule has 37 heavy (non-hydrogen) atoms. The van der Waals surface area contributed by atoms with Crippen molar-refractivity contribution in [3.63, 3.8) is 0 Å². The Hall–Kier alpha value is -2.92. The van der Waals surface area contributed by atoms with Crippen molar-refractivity contribution in [1.82, 2.24) is 15.3 Å². The molecule has 3 aromatic rings. The summed E-state index contributed by atoms with van der Waals surface area (Å²) in [6.45, 7) is 4.38. The molecule has 0 amide bonds. The molecule has 1 heterocycles. The van der Waals surface area contributed by atoms with Crippen LogP contribution in [0.1, 0.15) is 70.3 Å². The number of hydrogen-bond acceptors (Lipinski definition) is 5. The lowest BCUT2D eigenvalue weighted by Crippen LogP contribution is -2.32. The van der Waals surface area contributed by atoms with E-state index in [1.807, 2.05) is 26.2 Å². The van der Waals surface area contributed by atoms with Gasteiger partial charge in [-0.1, -0.05) is 80.3 Å². The smallest absolute Gasteiger partial charge is 0.225 e. The van der Waals surface area contributed by atoms with Crippen LogP contribution in [0.2, 0.25) is 0 Å². The van der Waals surface area contributed by atoms with E-state index in [-0.39, 0.29) is 0 Å². The first-order chi connectivity index (χ1) is 18.1. The Morgan fingerprint density at radius 3 is 2.43 bits per heavy atom. The Morgan fingerprint density at radius 2 is 1.68 bits per heavy atom. The van der Waals surface area contributed by atoms with Gasteiger partial charge in [-0.05, 0) is 68.7 Å². The van der Waals surface area contributed by atoms with E-state index in [4.69, 9.17) is 9.97 Å². The second kappa shape index (κ2) is 14.1. The Bertz CT molecular complexity index is 1120. The molecule has 1 aromatic heterocycles. The van der Waals surface area contributed by atoms with Crippen LogP contribution in [0.4, 0.5) is 11.8 Å². The van der Waals surface area contributed by atoms with Crippen molar-refractivity contribution in [2.24, 2.45) is 5.92 Å². The Kier molecular flexibility index (Phi) is 10.4. The van der Waals surface area contributed by atoms with Gasteiger partial charge in [0.15, 0.2) is 0 Å². The molecule has 5 heteroatoms. The van der Waals surface area contributed by atoms with Crippen molar-refractivity contribution in [1.29, 1.82) is 0 Å². The molecule has 0 bridgehead atoms. The third-order valence-corrected chi connectivity index (χ3v) is 7.49. The molecule has 0 spiro atoms. The van der Waals surface area contributed by atoms with Gasteiger partial charge >= 0.3 is 0 Å². The van der Waals surface area contributed by atoms with Crippen molar-refractivity contribution in [3.05, 3.63) is 65.7 Å². The van der Waals surface area contributed by atoms with Crippen molar-refractivity contribution in [3.8, 4) is 0 Å². The molecule has 0 saturated heterocycles. The van der Waals surface area contributed by atoms with Gasteiger partial charge in [0.05, 0.1) is 5.52 Å². The topological polar surface area (TPSA) is 53.1 Å². The summed E-state index contributed by atoms with van der Waals surface area (Å²) in [5, 5.41) is 8.54. The number of aromatic nitrogens is 2. The maximum Gasteiger partial charge on any atom is 0.225 e. The van der Waals surface area contributed by atoms with Gasteiger partial charge in [0.25, 0.3) is 0 Å². The molecular formula is C32H45N5. The van der Waals surface area contributed by atoms with Gasteiger partial charge in [-0.25, -0.2) is 4.98 Å². The molecule has 0 radical (unpaired) electrons. The summed E-state index contributed by atoms with van der Waals surface area (Å²) in [7, 11) is 4.09. The average Bonchev–Trinajstić information content (AvgIpc) is 2.92. The van der Waals surface area contributed by atoms with E-state index in [2.05, 4.69) is 71.0 Å². The van der Waals surface area contributed by atoms with Crippen molar-refractivity contribution in [2.45, 2.75) is 70.8 Å². The molecule has 4 rings (SSSR count). The summed E-state index contributed by atoms with van der Waals surface area (Å²) in [5.41, 5.74) is 3.84. The first-order valence-corrected chi connectivity index (χ1v) is 14.3. The summed E-state index contributed by atoms with van der Waals surface area (Å²) in [6, 6.07) is 19.5. The molecule has 2 aromatic carbocycles. The van der Waals surface area contributed by atoms with E-state index in [1.165, 1.54) is 68.9 Å². The normalized spacial score (nSPS) is 18.2. The third-order valence-electron chi connectivity index (χ3n) is 7.49. The number of rotatable bonds is 13. The third kappa shape index (κ3) is 8.29. The van der Waals surface area contributed by atoms with Gasteiger partial charge in [0.2, 0.25) is 5.95 Å². The fourth-order valence-corrected chi connectivity index (χ4v) is 5.37. The Balaban J connectivity index is 1.26.